The van der Waals surface area contributed by atoms with Gasteiger partial charge >= 0.3 is 0 Å². The molecule has 1 rings (SSSR count). The quantitative estimate of drug-likeness (QED) is 0.539. The summed E-state index contributed by atoms with van der Waals surface area (Å²) in [7, 11) is 0. The first-order valence-electron chi connectivity index (χ1n) is 6.95. The lowest BCUT2D eigenvalue weighted by Gasteiger charge is -2.23. The summed E-state index contributed by atoms with van der Waals surface area (Å²) in [6, 6.07) is 2.06. The van der Waals surface area contributed by atoms with E-state index in [1.165, 1.54) is 0 Å². The molecule has 4 atom stereocenters. The molecule has 116 valence electrons. The SMILES string of the molecule is CCC1OC(C)[C@@H](OCOCOC(C)(C)CC#N)C1O. The van der Waals surface area contributed by atoms with Gasteiger partial charge in [-0.15, -0.1) is 0 Å². The van der Waals surface area contributed by atoms with E-state index >= 15 is 0 Å². The zero-order valence-electron chi connectivity index (χ0n) is 12.7. The van der Waals surface area contributed by atoms with E-state index in [9.17, 15) is 5.11 Å². The van der Waals surface area contributed by atoms with Crippen LogP contribution >= 0.6 is 0 Å². The second-order valence-corrected chi connectivity index (χ2v) is 5.59. The Kier molecular flexibility index (Phi) is 6.86. The summed E-state index contributed by atoms with van der Waals surface area (Å²) in [5.74, 6) is 0. The third-order valence-corrected chi connectivity index (χ3v) is 3.35. The molecule has 0 spiro atoms. The number of aliphatic hydroxyl groups is 1. The van der Waals surface area contributed by atoms with Crippen molar-refractivity contribution < 1.29 is 24.1 Å². The van der Waals surface area contributed by atoms with Crippen LogP contribution in [0.3, 0.4) is 0 Å². The van der Waals surface area contributed by atoms with Crippen molar-refractivity contribution in [3.05, 3.63) is 0 Å². The van der Waals surface area contributed by atoms with Gasteiger partial charge in [0.15, 0.2) is 0 Å². The number of aliphatic hydroxyl groups excluding tert-OH is 1. The van der Waals surface area contributed by atoms with Crippen molar-refractivity contribution in [3.8, 4) is 6.07 Å². The Morgan fingerprint density at radius 2 is 2.05 bits per heavy atom. The lowest BCUT2D eigenvalue weighted by molar-refractivity contribution is -0.192. The Labute approximate surface area is 120 Å². The third-order valence-electron chi connectivity index (χ3n) is 3.35. The fourth-order valence-electron chi connectivity index (χ4n) is 2.10. The maximum Gasteiger partial charge on any atom is 0.150 e. The van der Waals surface area contributed by atoms with Gasteiger partial charge in [0.1, 0.15) is 25.8 Å². The average molecular weight is 287 g/mol. The van der Waals surface area contributed by atoms with Crippen LogP contribution in [0.15, 0.2) is 0 Å². The van der Waals surface area contributed by atoms with E-state index in [-0.39, 0.29) is 31.9 Å². The lowest BCUT2D eigenvalue weighted by Crippen LogP contribution is -2.35. The van der Waals surface area contributed by atoms with Gasteiger partial charge in [0, 0.05) is 0 Å². The van der Waals surface area contributed by atoms with Crippen molar-refractivity contribution in [2.75, 3.05) is 13.6 Å². The van der Waals surface area contributed by atoms with E-state index in [4.69, 9.17) is 24.2 Å². The highest BCUT2D eigenvalue weighted by molar-refractivity contribution is 4.88. The van der Waals surface area contributed by atoms with Crippen LogP contribution < -0.4 is 0 Å². The standard InChI is InChI=1S/C14H25NO5/c1-5-11-12(16)13(10(2)20-11)18-8-17-9-19-14(3,4)6-7-15/h10-13,16H,5-6,8-9H2,1-4H3/t10?,11?,12?,13-/m1/s1. The van der Waals surface area contributed by atoms with Crippen LogP contribution in [0.5, 0.6) is 0 Å². The summed E-state index contributed by atoms with van der Waals surface area (Å²) < 4.78 is 21.7. The topological polar surface area (TPSA) is 80.9 Å². The predicted molar refractivity (Wildman–Crippen MR) is 71.7 cm³/mol. The van der Waals surface area contributed by atoms with Crippen LogP contribution in [0.25, 0.3) is 0 Å². The Morgan fingerprint density at radius 1 is 1.35 bits per heavy atom. The smallest absolute Gasteiger partial charge is 0.150 e. The maximum atomic E-state index is 10.0. The highest BCUT2D eigenvalue weighted by atomic mass is 16.7. The van der Waals surface area contributed by atoms with Gasteiger partial charge in [-0.3, -0.25) is 0 Å². The lowest BCUT2D eigenvalue weighted by atomic mass is 10.1. The molecule has 6 nitrogen and oxygen atoms in total. The Bertz CT molecular complexity index is 328. The first-order valence-corrected chi connectivity index (χ1v) is 6.95. The molecule has 1 fully saturated rings. The molecule has 0 radical (unpaired) electrons. The van der Waals surface area contributed by atoms with E-state index in [1.807, 2.05) is 27.7 Å². The molecular weight excluding hydrogens is 262 g/mol. The number of ether oxygens (including phenoxy) is 4. The van der Waals surface area contributed by atoms with E-state index in [0.29, 0.717) is 6.42 Å². The summed E-state index contributed by atoms with van der Waals surface area (Å²) in [6.45, 7) is 7.55. The fraction of sp³-hybridized carbons (Fsp3) is 0.929. The zero-order chi connectivity index (χ0) is 15.2. The van der Waals surface area contributed by atoms with Crippen molar-refractivity contribution in [2.24, 2.45) is 0 Å². The van der Waals surface area contributed by atoms with Crippen LogP contribution in [0, 0.1) is 11.3 Å². The van der Waals surface area contributed by atoms with Gasteiger partial charge in [-0.1, -0.05) is 6.92 Å². The second kappa shape index (κ2) is 7.91. The Balaban J connectivity index is 2.20. The van der Waals surface area contributed by atoms with Gasteiger partial charge in [-0.25, -0.2) is 0 Å². The van der Waals surface area contributed by atoms with Gasteiger partial charge in [0.2, 0.25) is 0 Å². The average Bonchev–Trinajstić information content (AvgIpc) is 2.65. The molecule has 1 aliphatic heterocycles. The molecule has 0 amide bonds. The molecule has 0 aromatic heterocycles. The zero-order valence-corrected chi connectivity index (χ0v) is 12.7. The van der Waals surface area contributed by atoms with Gasteiger partial charge in [-0.05, 0) is 27.2 Å². The molecule has 0 aromatic rings. The van der Waals surface area contributed by atoms with Crippen molar-refractivity contribution in [3.63, 3.8) is 0 Å². The fourth-order valence-corrected chi connectivity index (χ4v) is 2.10. The molecule has 1 N–H and O–H groups in total. The van der Waals surface area contributed by atoms with Crippen LogP contribution in [0.2, 0.25) is 0 Å². The van der Waals surface area contributed by atoms with Crippen LogP contribution in [-0.2, 0) is 18.9 Å². The first-order chi connectivity index (χ1) is 9.41. The minimum Gasteiger partial charge on any atom is -0.388 e. The molecule has 1 aliphatic rings. The van der Waals surface area contributed by atoms with Crippen molar-refractivity contribution in [2.45, 2.75) is 70.6 Å². The summed E-state index contributed by atoms with van der Waals surface area (Å²) in [5.41, 5.74) is -0.536. The largest absolute Gasteiger partial charge is 0.388 e. The number of hydrogen-bond donors (Lipinski definition) is 1. The van der Waals surface area contributed by atoms with E-state index in [0.717, 1.165) is 6.42 Å². The molecule has 0 bridgehead atoms. The molecule has 20 heavy (non-hydrogen) atoms. The molecule has 0 saturated carbocycles. The number of nitriles is 1. The Hall–Kier alpha value is -0.710. The molecule has 1 heterocycles. The number of rotatable bonds is 8. The molecule has 0 aliphatic carbocycles. The van der Waals surface area contributed by atoms with Gasteiger partial charge in [0.05, 0.1) is 30.3 Å². The monoisotopic (exact) mass is 287 g/mol. The number of nitrogens with zero attached hydrogens (tertiary/aromatic N) is 1. The Morgan fingerprint density at radius 3 is 2.60 bits per heavy atom. The summed E-state index contributed by atoms with van der Waals surface area (Å²) in [6.07, 6.45) is -0.309. The molecular formula is C14H25NO5. The van der Waals surface area contributed by atoms with E-state index in [2.05, 4.69) is 6.07 Å². The summed E-state index contributed by atoms with van der Waals surface area (Å²) >= 11 is 0. The maximum absolute atomic E-state index is 10.0. The molecule has 6 heteroatoms. The highest BCUT2D eigenvalue weighted by Crippen LogP contribution is 2.25. The van der Waals surface area contributed by atoms with E-state index in [1.54, 1.807) is 0 Å². The van der Waals surface area contributed by atoms with Crippen LogP contribution in [0.4, 0.5) is 0 Å². The minimum atomic E-state index is -0.630. The molecule has 0 aromatic carbocycles. The van der Waals surface area contributed by atoms with Crippen molar-refractivity contribution in [1.82, 2.24) is 0 Å². The highest BCUT2D eigenvalue weighted by Gasteiger charge is 2.41. The first kappa shape index (κ1) is 17.3. The third kappa shape index (κ3) is 5.00. The van der Waals surface area contributed by atoms with Gasteiger partial charge in [-0.2, -0.15) is 5.26 Å². The van der Waals surface area contributed by atoms with Gasteiger partial charge < -0.3 is 24.1 Å². The predicted octanol–water partition coefficient (Wildman–Crippen LogP) is 1.57. The van der Waals surface area contributed by atoms with Crippen molar-refractivity contribution in [1.29, 1.82) is 5.26 Å². The normalized spacial score (nSPS) is 30.4. The summed E-state index contributed by atoms with van der Waals surface area (Å²) in [4.78, 5) is 0. The van der Waals surface area contributed by atoms with Crippen LogP contribution in [-0.4, -0.2) is 48.7 Å². The number of hydrogen-bond acceptors (Lipinski definition) is 6. The molecule has 3 unspecified atom stereocenters. The van der Waals surface area contributed by atoms with Crippen LogP contribution in [0.1, 0.15) is 40.5 Å². The summed E-state index contributed by atoms with van der Waals surface area (Å²) in [5, 5.41) is 18.6. The second-order valence-electron chi connectivity index (χ2n) is 5.59. The van der Waals surface area contributed by atoms with Crippen molar-refractivity contribution >= 4 is 0 Å². The molecule has 1 saturated heterocycles. The van der Waals surface area contributed by atoms with Gasteiger partial charge in [0.25, 0.3) is 0 Å². The van der Waals surface area contributed by atoms with E-state index < -0.39 is 11.7 Å². The minimum absolute atomic E-state index is 0.0223.